The Morgan fingerprint density at radius 2 is 1.65 bits per heavy atom. The third-order valence-electron chi connectivity index (χ3n) is 9.74. The maximum atomic E-state index is 13.0. The number of hydrogen-bond donors (Lipinski definition) is 2. The molecule has 2 saturated heterocycles. The molecule has 2 saturated carbocycles. The molecule has 4 aliphatic rings. The van der Waals surface area contributed by atoms with Gasteiger partial charge in [-0.2, -0.15) is 13.2 Å². The third-order valence-corrected chi connectivity index (χ3v) is 9.74. The number of pyridine rings is 1. The number of hydrogen-bond acceptors (Lipinski definition) is 5. The lowest BCUT2D eigenvalue weighted by molar-refractivity contribution is -0.153. The molecule has 0 bridgehead atoms. The highest BCUT2D eigenvalue weighted by atomic mass is 19.4. The molecule has 208 valence electrons. The fraction of sp³-hybridized carbons (Fsp3) is 0.452. The van der Waals surface area contributed by atoms with Crippen LogP contribution in [-0.2, 0) is 27.9 Å². The van der Waals surface area contributed by atoms with Gasteiger partial charge in [-0.15, -0.1) is 0 Å². The number of benzene rings is 2. The first-order valence-corrected chi connectivity index (χ1v) is 13.9. The van der Waals surface area contributed by atoms with Gasteiger partial charge in [0.25, 0.3) is 0 Å². The smallest absolute Gasteiger partial charge is 0.384 e. The lowest BCUT2D eigenvalue weighted by Crippen LogP contribution is -2.58. The molecule has 6 nitrogen and oxygen atoms in total. The summed E-state index contributed by atoms with van der Waals surface area (Å²) in [5.74, 6) is -0.991. The van der Waals surface area contributed by atoms with E-state index in [4.69, 9.17) is 0 Å². The van der Waals surface area contributed by atoms with Crippen LogP contribution in [0.25, 0.3) is 10.9 Å². The molecular weight excluding hydrogens is 519 g/mol. The predicted molar refractivity (Wildman–Crippen MR) is 141 cm³/mol. The Morgan fingerprint density at radius 1 is 0.975 bits per heavy atom. The molecule has 2 spiro atoms. The van der Waals surface area contributed by atoms with Crippen LogP contribution in [0.3, 0.4) is 0 Å². The van der Waals surface area contributed by atoms with E-state index in [0.29, 0.717) is 32.5 Å². The van der Waals surface area contributed by atoms with Gasteiger partial charge in [0.1, 0.15) is 5.60 Å². The second-order valence-electron chi connectivity index (χ2n) is 12.3. The summed E-state index contributed by atoms with van der Waals surface area (Å²) in [6.45, 7) is 1.91. The predicted octanol–water partition coefficient (Wildman–Crippen LogP) is 5.04. The largest absolute Gasteiger partial charge is 0.416 e. The molecule has 3 heterocycles. The zero-order valence-electron chi connectivity index (χ0n) is 21.9. The minimum Gasteiger partial charge on any atom is -0.384 e. The van der Waals surface area contributed by atoms with Gasteiger partial charge in [-0.05, 0) is 79.1 Å². The Balaban J connectivity index is 1.18. The van der Waals surface area contributed by atoms with Gasteiger partial charge >= 0.3 is 6.18 Å². The summed E-state index contributed by atoms with van der Waals surface area (Å²) >= 11 is 0. The Bertz CT molecular complexity index is 1500. The Labute approximate surface area is 229 Å². The van der Waals surface area contributed by atoms with Gasteiger partial charge in [-0.25, -0.2) is 0 Å². The van der Waals surface area contributed by atoms with Crippen LogP contribution in [0, 0.1) is 10.8 Å². The van der Waals surface area contributed by atoms with Crippen LogP contribution >= 0.6 is 0 Å². The van der Waals surface area contributed by atoms with E-state index in [2.05, 4.69) is 15.2 Å². The number of amides is 2. The number of aromatic nitrogens is 1. The van der Waals surface area contributed by atoms with Gasteiger partial charge in [0.2, 0.25) is 11.8 Å². The SMILES string of the molecule is O=C1CCC(c2cnc3ccc(C4(O)C5(CC5)CN(Cc5ccc(C(F)(F)F)cc5)CC45CC5)cc3c2)C(=O)N1. The molecule has 1 unspecified atom stereocenters. The van der Waals surface area contributed by atoms with Gasteiger partial charge in [-0.1, -0.05) is 18.2 Å². The zero-order chi connectivity index (χ0) is 27.9. The maximum absolute atomic E-state index is 13.0. The summed E-state index contributed by atoms with van der Waals surface area (Å²) in [5, 5.41) is 15.9. The maximum Gasteiger partial charge on any atom is 0.416 e. The first-order chi connectivity index (χ1) is 19.0. The van der Waals surface area contributed by atoms with Crippen LogP contribution in [0.4, 0.5) is 13.2 Å². The van der Waals surface area contributed by atoms with Crippen molar-refractivity contribution in [3.05, 3.63) is 77.0 Å². The topological polar surface area (TPSA) is 82.5 Å². The number of fused-ring (bicyclic) bond motifs is 1. The van der Waals surface area contributed by atoms with E-state index in [1.807, 2.05) is 24.3 Å². The third kappa shape index (κ3) is 3.96. The number of nitrogens with one attached hydrogen (secondary N) is 1. The molecule has 4 fully saturated rings. The number of nitrogens with zero attached hydrogens (tertiary/aromatic N) is 2. The lowest BCUT2D eigenvalue weighted by atomic mass is 9.64. The van der Waals surface area contributed by atoms with Crippen LogP contribution in [0.15, 0.2) is 54.7 Å². The van der Waals surface area contributed by atoms with Crippen LogP contribution in [0.2, 0.25) is 0 Å². The Morgan fingerprint density at radius 3 is 2.25 bits per heavy atom. The van der Waals surface area contributed by atoms with E-state index < -0.39 is 23.3 Å². The first-order valence-electron chi connectivity index (χ1n) is 13.9. The van der Waals surface area contributed by atoms with Gasteiger partial charge in [-0.3, -0.25) is 24.8 Å². The number of carbonyl (C=O) groups excluding carboxylic acids is 2. The average molecular weight is 550 g/mol. The van der Waals surface area contributed by atoms with Crippen molar-refractivity contribution in [1.29, 1.82) is 0 Å². The lowest BCUT2D eigenvalue weighted by Gasteiger charge is -2.52. The number of carbonyl (C=O) groups is 2. The van der Waals surface area contributed by atoms with Crippen molar-refractivity contribution >= 4 is 22.7 Å². The average Bonchev–Trinajstić information content (AvgIpc) is 3.85. The van der Waals surface area contributed by atoms with E-state index >= 15 is 0 Å². The molecule has 2 aliphatic heterocycles. The molecule has 40 heavy (non-hydrogen) atoms. The highest BCUT2D eigenvalue weighted by Gasteiger charge is 2.74. The molecule has 3 aromatic rings. The fourth-order valence-corrected chi connectivity index (χ4v) is 7.40. The molecule has 2 aliphatic carbocycles. The molecule has 2 N–H and O–H groups in total. The first kappa shape index (κ1) is 25.7. The molecule has 1 atom stereocenters. The second-order valence-corrected chi connectivity index (χ2v) is 12.3. The van der Waals surface area contributed by atoms with E-state index in [9.17, 15) is 27.9 Å². The van der Waals surface area contributed by atoms with Gasteiger partial charge < -0.3 is 5.11 Å². The summed E-state index contributed by atoms with van der Waals surface area (Å²) in [5.41, 5.74) is 0.956. The fourth-order valence-electron chi connectivity index (χ4n) is 7.40. The van der Waals surface area contributed by atoms with E-state index in [-0.39, 0.29) is 22.6 Å². The minimum atomic E-state index is -4.35. The van der Waals surface area contributed by atoms with Gasteiger partial charge in [0, 0.05) is 48.5 Å². The number of likely N-dealkylation sites (tertiary alicyclic amines) is 1. The second kappa shape index (κ2) is 8.60. The number of piperidine rings is 2. The summed E-state index contributed by atoms with van der Waals surface area (Å²) in [7, 11) is 0. The summed E-state index contributed by atoms with van der Waals surface area (Å²) in [4.78, 5) is 31.0. The van der Waals surface area contributed by atoms with E-state index in [0.717, 1.165) is 65.4 Å². The number of halogens is 3. The standard InChI is InChI=1S/C31H30F3N3O3/c32-31(33,34)22-3-1-19(2-4-22)16-37-17-28(9-10-28)30(40,29(18-37)11-12-29)23-5-7-25-20(14-23)13-21(15-35-25)24-6-8-26(38)36-27(24)39/h1-5,7,13-15,24,40H,6,8-12,16-18H2,(H,36,38,39). The Kier molecular flexibility index (Phi) is 5.52. The number of aliphatic hydroxyl groups is 1. The molecule has 1 aromatic heterocycles. The van der Waals surface area contributed by atoms with Crippen molar-refractivity contribution in [2.75, 3.05) is 13.1 Å². The molecular formula is C31H30F3N3O3. The monoisotopic (exact) mass is 549 g/mol. The molecule has 7 rings (SSSR count). The van der Waals surface area contributed by atoms with Crippen molar-refractivity contribution in [2.24, 2.45) is 10.8 Å². The van der Waals surface area contributed by atoms with Gasteiger partial charge in [0.05, 0.1) is 17.0 Å². The molecule has 2 amide bonds. The van der Waals surface area contributed by atoms with Crippen LogP contribution in [-0.4, -0.2) is 39.9 Å². The number of imide groups is 1. The van der Waals surface area contributed by atoms with Crippen LogP contribution < -0.4 is 5.32 Å². The normalized spacial score (nSPS) is 24.9. The van der Waals surface area contributed by atoms with Crippen molar-refractivity contribution in [3.8, 4) is 0 Å². The highest BCUT2D eigenvalue weighted by molar-refractivity contribution is 6.01. The molecule has 2 aromatic carbocycles. The minimum absolute atomic E-state index is 0.256. The van der Waals surface area contributed by atoms with Crippen molar-refractivity contribution in [1.82, 2.24) is 15.2 Å². The summed E-state index contributed by atoms with van der Waals surface area (Å²) in [6.07, 6.45) is 1.64. The van der Waals surface area contributed by atoms with E-state index in [1.165, 1.54) is 0 Å². The quantitative estimate of drug-likeness (QED) is 0.446. The van der Waals surface area contributed by atoms with Crippen molar-refractivity contribution in [3.63, 3.8) is 0 Å². The number of alkyl halides is 3. The molecule has 0 radical (unpaired) electrons. The van der Waals surface area contributed by atoms with Crippen molar-refractivity contribution in [2.45, 2.75) is 62.8 Å². The summed E-state index contributed by atoms with van der Waals surface area (Å²) in [6, 6.07) is 13.3. The van der Waals surface area contributed by atoms with E-state index in [1.54, 1.807) is 18.3 Å². The van der Waals surface area contributed by atoms with Gasteiger partial charge in [0.15, 0.2) is 0 Å². The number of rotatable bonds is 4. The van der Waals surface area contributed by atoms with Crippen molar-refractivity contribution < 1.29 is 27.9 Å². The summed E-state index contributed by atoms with van der Waals surface area (Å²) < 4.78 is 39.1. The molecule has 9 heteroatoms. The van der Waals surface area contributed by atoms with Crippen LogP contribution in [0.1, 0.15) is 66.7 Å². The van der Waals surface area contributed by atoms with Crippen LogP contribution in [0.5, 0.6) is 0 Å². The highest BCUT2D eigenvalue weighted by Crippen LogP contribution is 2.74. The zero-order valence-corrected chi connectivity index (χ0v) is 21.9. The Hall–Kier alpha value is -3.30.